The van der Waals surface area contributed by atoms with Crippen molar-refractivity contribution >= 4 is 17.5 Å². The van der Waals surface area contributed by atoms with Crippen molar-refractivity contribution in [1.29, 1.82) is 0 Å². The molecule has 2 aromatic heterocycles. The van der Waals surface area contributed by atoms with Crippen LogP contribution in [0.3, 0.4) is 0 Å². The summed E-state index contributed by atoms with van der Waals surface area (Å²) < 4.78 is 20.3. The van der Waals surface area contributed by atoms with E-state index in [0.717, 1.165) is 4.80 Å². The third-order valence-electron chi connectivity index (χ3n) is 4.75. The molecular formula is C23H29FN6O3. The van der Waals surface area contributed by atoms with Gasteiger partial charge >= 0.3 is 0 Å². The molecule has 0 aliphatic carbocycles. The van der Waals surface area contributed by atoms with E-state index in [-0.39, 0.29) is 24.0 Å². The van der Waals surface area contributed by atoms with Gasteiger partial charge in [-0.3, -0.25) is 14.5 Å². The van der Waals surface area contributed by atoms with Crippen LogP contribution in [0.5, 0.6) is 0 Å². The molecule has 3 aromatic rings. The fraction of sp³-hybridized carbons (Fsp3) is 0.435. The number of anilines is 1. The molecular weight excluding hydrogens is 427 g/mol. The van der Waals surface area contributed by atoms with Gasteiger partial charge in [-0.25, -0.2) is 4.39 Å². The zero-order chi connectivity index (χ0) is 24.2. The molecule has 0 spiro atoms. The molecule has 0 saturated heterocycles. The molecule has 1 unspecified atom stereocenters. The molecule has 33 heavy (non-hydrogen) atoms. The predicted molar refractivity (Wildman–Crippen MR) is 121 cm³/mol. The van der Waals surface area contributed by atoms with Crippen molar-refractivity contribution in [3.63, 3.8) is 0 Å². The van der Waals surface area contributed by atoms with Gasteiger partial charge in [0.2, 0.25) is 11.7 Å². The van der Waals surface area contributed by atoms with Crippen molar-refractivity contribution in [2.75, 3.05) is 4.90 Å². The van der Waals surface area contributed by atoms with Gasteiger partial charge in [0, 0.05) is 5.54 Å². The van der Waals surface area contributed by atoms with E-state index in [1.807, 2.05) is 27.7 Å². The van der Waals surface area contributed by atoms with Crippen LogP contribution >= 0.6 is 0 Å². The Kier molecular flexibility index (Phi) is 7.25. The largest absolute Gasteiger partial charge is 0.458 e. The molecule has 0 bridgehead atoms. The van der Waals surface area contributed by atoms with Crippen molar-refractivity contribution in [1.82, 2.24) is 25.5 Å². The van der Waals surface area contributed by atoms with Crippen LogP contribution in [0.2, 0.25) is 0 Å². The topological polar surface area (TPSA) is 106 Å². The predicted octanol–water partition coefficient (Wildman–Crippen LogP) is 3.50. The van der Waals surface area contributed by atoms with Gasteiger partial charge in [-0.05, 0) is 63.6 Å². The lowest BCUT2D eigenvalue weighted by Crippen LogP contribution is -2.55. The maximum Gasteiger partial charge on any atom is 0.251 e. The molecule has 9 nitrogen and oxygen atoms in total. The molecule has 0 radical (unpaired) electrons. The number of carbonyl (C=O) groups is 2. The van der Waals surface area contributed by atoms with Gasteiger partial charge in [0.25, 0.3) is 5.91 Å². The Morgan fingerprint density at radius 2 is 1.94 bits per heavy atom. The number of aryl methyl sites for hydroxylation is 1. The van der Waals surface area contributed by atoms with Gasteiger partial charge in [0.15, 0.2) is 5.76 Å². The number of aromatic nitrogens is 4. The van der Waals surface area contributed by atoms with Crippen LogP contribution in [0.1, 0.15) is 46.3 Å². The number of rotatable bonds is 8. The Labute approximate surface area is 192 Å². The van der Waals surface area contributed by atoms with Crippen LogP contribution in [0.4, 0.5) is 10.1 Å². The molecule has 0 aliphatic rings. The Balaban J connectivity index is 1.93. The van der Waals surface area contributed by atoms with E-state index in [4.69, 9.17) is 4.42 Å². The molecule has 2 heterocycles. The highest BCUT2D eigenvalue weighted by Gasteiger charge is 2.34. The number of benzene rings is 1. The fourth-order valence-electron chi connectivity index (χ4n) is 3.39. The third-order valence-corrected chi connectivity index (χ3v) is 4.75. The standard InChI is InChI=1S/C23H29FN6O3/c1-6-9-18(22(32)25-23(3,4)5)30(17-11-8-7-10-16(17)24)20(31)14-29-27-21(26-28-29)19-13-12-15(2)33-19/h7-8,10-13,18H,6,9,14H2,1-5H3,(H,25,32). The summed E-state index contributed by atoms with van der Waals surface area (Å²) >= 11 is 0. The number of hydrogen-bond donors (Lipinski definition) is 1. The van der Waals surface area contributed by atoms with Crippen LogP contribution < -0.4 is 10.2 Å². The molecule has 0 saturated carbocycles. The van der Waals surface area contributed by atoms with Crippen molar-refractivity contribution in [2.45, 2.75) is 65.6 Å². The minimum Gasteiger partial charge on any atom is -0.458 e. The minimum absolute atomic E-state index is 0.0204. The summed E-state index contributed by atoms with van der Waals surface area (Å²) in [5, 5.41) is 15.0. The van der Waals surface area contributed by atoms with Crippen LogP contribution in [-0.2, 0) is 16.1 Å². The average molecular weight is 457 g/mol. The van der Waals surface area contributed by atoms with Crippen molar-refractivity contribution in [2.24, 2.45) is 0 Å². The number of nitrogens with zero attached hydrogens (tertiary/aromatic N) is 5. The van der Waals surface area contributed by atoms with Gasteiger partial charge < -0.3 is 9.73 Å². The number of halogens is 1. The molecule has 3 rings (SSSR count). The third kappa shape index (κ3) is 6.03. The van der Waals surface area contributed by atoms with Gasteiger partial charge in [-0.2, -0.15) is 4.80 Å². The molecule has 10 heteroatoms. The van der Waals surface area contributed by atoms with Crippen molar-refractivity contribution in [3.8, 4) is 11.6 Å². The second-order valence-electron chi connectivity index (χ2n) is 8.81. The van der Waals surface area contributed by atoms with Crippen LogP contribution in [0, 0.1) is 12.7 Å². The lowest BCUT2D eigenvalue weighted by molar-refractivity contribution is -0.128. The number of carbonyl (C=O) groups excluding carboxylic acids is 2. The first-order chi connectivity index (χ1) is 15.6. The normalized spacial score (nSPS) is 12.4. The highest BCUT2D eigenvalue weighted by molar-refractivity contribution is 6.00. The quantitative estimate of drug-likeness (QED) is 0.556. The number of tetrazole rings is 1. The van der Waals surface area contributed by atoms with E-state index in [0.29, 0.717) is 24.4 Å². The van der Waals surface area contributed by atoms with Crippen LogP contribution in [0.15, 0.2) is 40.8 Å². The number of hydrogen-bond acceptors (Lipinski definition) is 6. The Bertz CT molecular complexity index is 1120. The van der Waals surface area contributed by atoms with Crippen molar-refractivity contribution < 1.29 is 18.4 Å². The maximum absolute atomic E-state index is 14.8. The average Bonchev–Trinajstić information content (AvgIpc) is 3.36. The van der Waals surface area contributed by atoms with E-state index in [1.165, 1.54) is 23.1 Å². The first-order valence-electron chi connectivity index (χ1n) is 10.8. The zero-order valence-corrected chi connectivity index (χ0v) is 19.5. The van der Waals surface area contributed by atoms with Gasteiger partial charge in [0.1, 0.15) is 24.2 Å². The summed E-state index contributed by atoms with van der Waals surface area (Å²) in [5.41, 5.74) is -0.497. The van der Waals surface area contributed by atoms with Crippen LogP contribution in [0.25, 0.3) is 11.6 Å². The lowest BCUT2D eigenvalue weighted by atomic mass is 10.0. The smallest absolute Gasteiger partial charge is 0.251 e. The molecule has 0 fully saturated rings. The summed E-state index contributed by atoms with van der Waals surface area (Å²) in [6.45, 7) is 8.91. The second-order valence-corrected chi connectivity index (χ2v) is 8.81. The summed E-state index contributed by atoms with van der Waals surface area (Å²) in [5.74, 6) is -0.167. The number of nitrogens with one attached hydrogen (secondary N) is 1. The number of amides is 2. The van der Waals surface area contributed by atoms with E-state index in [1.54, 1.807) is 25.1 Å². The SMILES string of the molecule is CCCC(C(=O)NC(C)(C)C)N(C(=O)Cn1nnc(-c2ccc(C)o2)n1)c1ccccc1F. The monoisotopic (exact) mass is 456 g/mol. The summed E-state index contributed by atoms with van der Waals surface area (Å²) in [4.78, 5) is 28.9. The maximum atomic E-state index is 14.8. The highest BCUT2D eigenvalue weighted by Crippen LogP contribution is 2.25. The first kappa shape index (κ1) is 24.1. The van der Waals surface area contributed by atoms with E-state index in [9.17, 15) is 14.0 Å². The highest BCUT2D eigenvalue weighted by atomic mass is 19.1. The van der Waals surface area contributed by atoms with Crippen molar-refractivity contribution in [3.05, 3.63) is 48.0 Å². The minimum atomic E-state index is -0.908. The summed E-state index contributed by atoms with van der Waals surface area (Å²) in [6.07, 6.45) is 0.966. The fourth-order valence-corrected chi connectivity index (χ4v) is 3.39. The molecule has 1 aromatic carbocycles. The molecule has 1 atom stereocenters. The Morgan fingerprint density at radius 1 is 1.21 bits per heavy atom. The first-order valence-corrected chi connectivity index (χ1v) is 10.8. The second kappa shape index (κ2) is 9.93. The van der Waals surface area contributed by atoms with Gasteiger partial charge in [0.05, 0.1) is 5.69 Å². The van der Waals surface area contributed by atoms with Crippen LogP contribution in [-0.4, -0.2) is 43.6 Å². The molecule has 1 N–H and O–H groups in total. The molecule has 2 amide bonds. The number of furan rings is 1. The van der Waals surface area contributed by atoms with Gasteiger partial charge in [-0.15, -0.1) is 10.2 Å². The summed E-state index contributed by atoms with van der Waals surface area (Å²) in [7, 11) is 0. The zero-order valence-electron chi connectivity index (χ0n) is 19.5. The Hall–Kier alpha value is -3.56. The summed E-state index contributed by atoms with van der Waals surface area (Å²) in [6, 6.07) is 8.45. The molecule has 176 valence electrons. The van der Waals surface area contributed by atoms with Gasteiger partial charge in [-0.1, -0.05) is 25.5 Å². The lowest BCUT2D eigenvalue weighted by Gasteiger charge is -2.33. The Morgan fingerprint density at radius 3 is 2.55 bits per heavy atom. The number of para-hydroxylation sites is 1. The van der Waals surface area contributed by atoms with E-state index in [2.05, 4.69) is 20.7 Å². The van der Waals surface area contributed by atoms with E-state index < -0.39 is 23.3 Å². The molecule has 0 aliphatic heterocycles. The van der Waals surface area contributed by atoms with E-state index >= 15 is 0 Å².